The van der Waals surface area contributed by atoms with Crippen molar-refractivity contribution in [3.8, 4) is 0 Å². The van der Waals surface area contributed by atoms with Gasteiger partial charge >= 0.3 is 0 Å². The minimum Gasteiger partial charge on any atom is -0.351 e. The molecule has 0 spiro atoms. The van der Waals surface area contributed by atoms with Crippen LogP contribution in [0.2, 0.25) is 0 Å². The number of nitrogens with two attached hydrogens (primary N) is 1. The summed E-state index contributed by atoms with van der Waals surface area (Å²) in [5.74, 6) is 0.563. The van der Waals surface area contributed by atoms with Gasteiger partial charge in [-0.3, -0.25) is 4.79 Å². The Labute approximate surface area is 135 Å². The van der Waals surface area contributed by atoms with Gasteiger partial charge in [0.15, 0.2) is 0 Å². The largest absolute Gasteiger partial charge is 0.351 e. The number of nitrogens with one attached hydrogen (secondary N) is 1. The zero-order chi connectivity index (χ0) is 14.0. The Morgan fingerprint density at radius 3 is 2.60 bits per heavy atom. The molecule has 3 N–H and O–H groups in total. The summed E-state index contributed by atoms with van der Waals surface area (Å²) in [7, 11) is 0. The van der Waals surface area contributed by atoms with Crippen molar-refractivity contribution in [3.05, 3.63) is 34.3 Å². The van der Waals surface area contributed by atoms with Crippen LogP contribution in [-0.2, 0) is 10.3 Å². The van der Waals surface area contributed by atoms with Crippen molar-refractivity contribution in [2.45, 2.75) is 44.7 Å². The molecule has 0 aliphatic heterocycles. The highest BCUT2D eigenvalue weighted by molar-refractivity contribution is 9.10. The summed E-state index contributed by atoms with van der Waals surface area (Å²) >= 11 is 3.38. The average Bonchev–Trinajstić information content (AvgIpc) is 3.08. The maximum Gasteiger partial charge on any atom is 0.244 e. The van der Waals surface area contributed by atoms with Gasteiger partial charge in [0, 0.05) is 10.5 Å². The van der Waals surface area contributed by atoms with Crippen LogP contribution < -0.4 is 11.1 Å². The molecule has 1 saturated carbocycles. The van der Waals surface area contributed by atoms with Gasteiger partial charge in [-0.1, -0.05) is 41.4 Å². The molecular weight excluding hydrogens is 340 g/mol. The van der Waals surface area contributed by atoms with E-state index in [1.807, 2.05) is 24.3 Å². The lowest BCUT2D eigenvalue weighted by Crippen LogP contribution is -2.49. The van der Waals surface area contributed by atoms with Gasteiger partial charge in [-0.25, -0.2) is 0 Å². The number of halogens is 2. The standard InChI is InChI=1S/C15H21BrN2O.ClH/c1-3-4-10-9-13(10)18-14(19)15(2,17)11-5-7-12(16)8-6-11;/h5-8,10,13H,3-4,9,17H2,1-2H3,(H,18,19);1H. The molecule has 20 heavy (non-hydrogen) atoms. The molecule has 0 saturated heterocycles. The Morgan fingerprint density at radius 2 is 2.05 bits per heavy atom. The predicted octanol–water partition coefficient (Wildman–Crippen LogP) is 3.35. The highest BCUT2D eigenvalue weighted by Crippen LogP contribution is 2.35. The van der Waals surface area contributed by atoms with E-state index < -0.39 is 5.54 Å². The lowest BCUT2D eigenvalue weighted by atomic mass is 9.92. The summed E-state index contributed by atoms with van der Waals surface area (Å²) < 4.78 is 0.984. The van der Waals surface area contributed by atoms with Crippen molar-refractivity contribution < 1.29 is 4.79 Å². The number of amides is 1. The summed E-state index contributed by atoms with van der Waals surface area (Å²) in [6, 6.07) is 7.92. The van der Waals surface area contributed by atoms with E-state index in [9.17, 15) is 4.79 Å². The molecule has 5 heteroatoms. The molecule has 1 aliphatic carbocycles. The van der Waals surface area contributed by atoms with Gasteiger partial charge in [-0.05, 0) is 43.4 Å². The van der Waals surface area contributed by atoms with Crippen LogP contribution in [0.3, 0.4) is 0 Å². The van der Waals surface area contributed by atoms with E-state index in [-0.39, 0.29) is 18.3 Å². The van der Waals surface area contributed by atoms with E-state index in [1.54, 1.807) is 6.92 Å². The second kappa shape index (κ2) is 6.92. The summed E-state index contributed by atoms with van der Waals surface area (Å²) in [5, 5.41) is 3.07. The van der Waals surface area contributed by atoms with Crippen molar-refractivity contribution in [1.82, 2.24) is 5.32 Å². The number of benzene rings is 1. The topological polar surface area (TPSA) is 55.1 Å². The van der Waals surface area contributed by atoms with Gasteiger partial charge in [0.05, 0.1) is 0 Å². The molecule has 0 aromatic heterocycles. The summed E-state index contributed by atoms with van der Waals surface area (Å²) in [5.41, 5.74) is 6.06. The van der Waals surface area contributed by atoms with Crippen molar-refractivity contribution in [2.75, 3.05) is 0 Å². The minimum absolute atomic E-state index is 0. The molecule has 1 aliphatic rings. The Kier molecular flexibility index (Phi) is 6.05. The van der Waals surface area contributed by atoms with Crippen LogP contribution in [0.1, 0.15) is 38.7 Å². The van der Waals surface area contributed by atoms with Crippen LogP contribution in [0.15, 0.2) is 28.7 Å². The monoisotopic (exact) mass is 360 g/mol. The fraction of sp³-hybridized carbons (Fsp3) is 0.533. The zero-order valence-corrected chi connectivity index (χ0v) is 14.3. The summed E-state index contributed by atoms with van der Waals surface area (Å²) in [6.07, 6.45) is 3.45. The first-order chi connectivity index (χ1) is 8.95. The maximum absolute atomic E-state index is 12.3. The van der Waals surface area contributed by atoms with E-state index >= 15 is 0 Å². The Morgan fingerprint density at radius 1 is 1.45 bits per heavy atom. The third-order valence-corrected chi connectivity index (χ3v) is 4.34. The molecule has 0 radical (unpaired) electrons. The molecule has 1 fully saturated rings. The van der Waals surface area contributed by atoms with E-state index in [0.717, 1.165) is 16.5 Å². The number of carbonyl (C=O) groups is 1. The molecule has 0 heterocycles. The Bertz CT molecular complexity index is 461. The fourth-order valence-corrected chi connectivity index (χ4v) is 2.62. The Balaban J connectivity index is 0.00000200. The molecule has 1 aromatic rings. The highest BCUT2D eigenvalue weighted by Gasteiger charge is 2.40. The molecular formula is C15H22BrClN2O. The lowest BCUT2D eigenvalue weighted by Gasteiger charge is -2.24. The molecule has 0 bridgehead atoms. The summed E-state index contributed by atoms with van der Waals surface area (Å²) in [6.45, 7) is 3.94. The first kappa shape index (κ1) is 17.5. The number of carbonyl (C=O) groups excluding carboxylic acids is 1. The first-order valence-corrected chi connectivity index (χ1v) is 7.60. The first-order valence-electron chi connectivity index (χ1n) is 6.81. The quantitative estimate of drug-likeness (QED) is 0.845. The van der Waals surface area contributed by atoms with Crippen LogP contribution in [0.25, 0.3) is 0 Å². The SMILES string of the molecule is CCCC1CC1NC(=O)C(C)(N)c1ccc(Br)cc1.Cl. The Hall–Kier alpha value is -0.580. The second-order valence-electron chi connectivity index (χ2n) is 5.57. The van der Waals surface area contributed by atoms with Crippen molar-refractivity contribution in [3.63, 3.8) is 0 Å². The van der Waals surface area contributed by atoms with Gasteiger partial charge in [0.1, 0.15) is 5.54 Å². The molecule has 3 unspecified atom stereocenters. The molecule has 3 nitrogen and oxygen atoms in total. The van der Waals surface area contributed by atoms with E-state index in [0.29, 0.717) is 12.0 Å². The maximum atomic E-state index is 12.3. The van der Waals surface area contributed by atoms with Crippen molar-refractivity contribution in [2.24, 2.45) is 11.7 Å². The van der Waals surface area contributed by atoms with E-state index in [1.165, 1.54) is 12.8 Å². The van der Waals surface area contributed by atoms with Crippen molar-refractivity contribution in [1.29, 1.82) is 0 Å². The van der Waals surface area contributed by atoms with Gasteiger partial charge in [0.25, 0.3) is 0 Å². The predicted molar refractivity (Wildman–Crippen MR) is 87.9 cm³/mol. The van der Waals surface area contributed by atoms with Crippen LogP contribution in [0.4, 0.5) is 0 Å². The molecule has 112 valence electrons. The molecule has 3 atom stereocenters. The van der Waals surface area contributed by atoms with Gasteiger partial charge in [-0.15, -0.1) is 12.4 Å². The van der Waals surface area contributed by atoms with Crippen LogP contribution in [-0.4, -0.2) is 11.9 Å². The van der Waals surface area contributed by atoms with E-state index in [2.05, 4.69) is 28.2 Å². The van der Waals surface area contributed by atoms with Gasteiger partial charge < -0.3 is 11.1 Å². The number of hydrogen-bond donors (Lipinski definition) is 2. The molecule has 1 aromatic carbocycles. The minimum atomic E-state index is -0.972. The zero-order valence-electron chi connectivity index (χ0n) is 11.9. The van der Waals surface area contributed by atoms with Crippen LogP contribution in [0.5, 0.6) is 0 Å². The van der Waals surface area contributed by atoms with E-state index in [4.69, 9.17) is 5.73 Å². The van der Waals surface area contributed by atoms with Gasteiger partial charge in [0.2, 0.25) is 5.91 Å². The van der Waals surface area contributed by atoms with Crippen LogP contribution in [0, 0.1) is 5.92 Å². The summed E-state index contributed by atoms with van der Waals surface area (Å²) in [4.78, 5) is 12.3. The van der Waals surface area contributed by atoms with Crippen molar-refractivity contribution >= 4 is 34.2 Å². The lowest BCUT2D eigenvalue weighted by molar-refractivity contribution is -0.126. The molecule has 2 rings (SSSR count). The number of rotatable bonds is 5. The van der Waals surface area contributed by atoms with Gasteiger partial charge in [-0.2, -0.15) is 0 Å². The third-order valence-electron chi connectivity index (χ3n) is 3.81. The highest BCUT2D eigenvalue weighted by atomic mass is 79.9. The second-order valence-corrected chi connectivity index (χ2v) is 6.49. The smallest absolute Gasteiger partial charge is 0.244 e. The third kappa shape index (κ3) is 3.96. The average molecular weight is 362 g/mol. The number of hydrogen-bond acceptors (Lipinski definition) is 2. The fourth-order valence-electron chi connectivity index (χ4n) is 2.36. The molecule has 1 amide bonds. The normalized spacial score (nSPS) is 23.4. The van der Waals surface area contributed by atoms with Crippen LogP contribution >= 0.6 is 28.3 Å².